The normalized spacial score (nSPS) is 16.5. The average molecular weight is 141 g/mol. The van der Waals surface area contributed by atoms with Gasteiger partial charge in [0.1, 0.15) is 0 Å². The number of hydrogen-bond donors (Lipinski definition) is 1. The second-order valence-electron chi connectivity index (χ2n) is 2.80. The maximum Gasteiger partial charge on any atom is 0.0227 e. The molecule has 60 valence electrons. The molecule has 1 heteroatoms. The Morgan fingerprint density at radius 2 is 1.80 bits per heavy atom. The van der Waals surface area contributed by atoms with Crippen LogP contribution in [0, 0.1) is 0 Å². The molecule has 0 saturated heterocycles. The van der Waals surface area contributed by atoms with Gasteiger partial charge in [-0.2, -0.15) is 0 Å². The fourth-order valence-corrected chi connectivity index (χ4v) is 1.24. The van der Waals surface area contributed by atoms with E-state index in [4.69, 9.17) is 5.73 Å². The van der Waals surface area contributed by atoms with Crippen LogP contribution in [0.2, 0.25) is 0 Å². The zero-order chi connectivity index (χ0) is 8.15. The van der Waals surface area contributed by atoms with Crippen LogP contribution in [0.15, 0.2) is 11.1 Å². The first-order valence-corrected chi connectivity index (χ1v) is 4.07. The summed E-state index contributed by atoms with van der Waals surface area (Å²) in [6, 6.07) is 0.241. The van der Waals surface area contributed by atoms with E-state index in [-0.39, 0.29) is 6.04 Å². The fourth-order valence-electron chi connectivity index (χ4n) is 1.24. The average Bonchev–Trinajstić information content (AvgIpc) is 1.88. The molecule has 0 rings (SSSR count). The van der Waals surface area contributed by atoms with Crippen LogP contribution in [-0.4, -0.2) is 6.04 Å². The van der Waals surface area contributed by atoms with Gasteiger partial charge in [-0.05, 0) is 26.7 Å². The van der Waals surface area contributed by atoms with Crippen molar-refractivity contribution < 1.29 is 0 Å². The third kappa shape index (κ3) is 2.53. The highest BCUT2D eigenvalue weighted by Gasteiger charge is 2.02. The second kappa shape index (κ2) is 4.51. The van der Waals surface area contributed by atoms with Gasteiger partial charge in [-0.15, -0.1) is 0 Å². The van der Waals surface area contributed by atoms with Crippen LogP contribution in [0.5, 0.6) is 0 Å². The molecule has 0 aliphatic heterocycles. The van der Waals surface area contributed by atoms with Crippen LogP contribution in [0.25, 0.3) is 0 Å². The predicted octanol–water partition coefficient (Wildman–Crippen LogP) is 2.47. The van der Waals surface area contributed by atoms with E-state index in [0.29, 0.717) is 0 Å². The Hall–Kier alpha value is -0.300. The van der Waals surface area contributed by atoms with Crippen molar-refractivity contribution in [2.75, 3.05) is 0 Å². The zero-order valence-corrected chi connectivity index (χ0v) is 7.57. The van der Waals surface area contributed by atoms with Crippen molar-refractivity contribution in [2.24, 2.45) is 5.73 Å². The molecular weight excluding hydrogens is 122 g/mol. The van der Waals surface area contributed by atoms with E-state index < -0.39 is 0 Å². The van der Waals surface area contributed by atoms with Crippen LogP contribution in [-0.2, 0) is 0 Å². The Morgan fingerprint density at radius 1 is 1.30 bits per heavy atom. The molecule has 0 radical (unpaired) electrons. The number of allylic oxidation sites excluding steroid dienone is 1. The summed E-state index contributed by atoms with van der Waals surface area (Å²) in [5.41, 5.74) is 8.64. The predicted molar refractivity (Wildman–Crippen MR) is 46.9 cm³/mol. The number of rotatable bonds is 3. The van der Waals surface area contributed by atoms with Gasteiger partial charge in [-0.3, -0.25) is 0 Å². The van der Waals surface area contributed by atoms with Crippen LogP contribution < -0.4 is 5.73 Å². The van der Waals surface area contributed by atoms with Crippen molar-refractivity contribution in [1.29, 1.82) is 0 Å². The molecule has 0 amide bonds. The lowest BCUT2D eigenvalue weighted by molar-refractivity contribution is 0.786. The van der Waals surface area contributed by atoms with Crippen LogP contribution >= 0.6 is 0 Å². The molecule has 0 saturated carbocycles. The highest BCUT2D eigenvalue weighted by molar-refractivity contribution is 5.16. The van der Waals surface area contributed by atoms with Crippen LogP contribution in [0.4, 0.5) is 0 Å². The summed E-state index contributed by atoms with van der Waals surface area (Å²) in [7, 11) is 0. The Kier molecular flexibility index (Phi) is 4.37. The molecule has 0 aliphatic rings. The summed E-state index contributed by atoms with van der Waals surface area (Å²) < 4.78 is 0. The highest BCUT2D eigenvalue weighted by Crippen LogP contribution is 2.13. The Labute approximate surface area is 64.3 Å². The lowest BCUT2D eigenvalue weighted by atomic mass is 9.99. The lowest BCUT2D eigenvalue weighted by Crippen LogP contribution is -2.18. The van der Waals surface area contributed by atoms with E-state index in [1.807, 2.05) is 0 Å². The molecule has 0 aliphatic carbocycles. The molecule has 0 fully saturated rings. The standard InChI is InChI=1S/C9H19N/c1-5-7(3)9(6-2)8(4)10/h8H,5-6,10H2,1-4H3. The van der Waals surface area contributed by atoms with Crippen molar-refractivity contribution in [2.45, 2.75) is 46.6 Å². The molecule has 0 aromatic heterocycles. The quantitative estimate of drug-likeness (QED) is 0.600. The Bertz CT molecular complexity index is 123. The van der Waals surface area contributed by atoms with Gasteiger partial charge in [0, 0.05) is 6.04 Å². The van der Waals surface area contributed by atoms with E-state index in [1.54, 1.807) is 0 Å². The first-order valence-electron chi connectivity index (χ1n) is 4.07. The highest BCUT2D eigenvalue weighted by atomic mass is 14.6. The van der Waals surface area contributed by atoms with Gasteiger partial charge in [0.05, 0.1) is 0 Å². The molecule has 10 heavy (non-hydrogen) atoms. The molecule has 0 bridgehead atoms. The first-order chi connectivity index (χ1) is 4.63. The van der Waals surface area contributed by atoms with Gasteiger partial charge in [-0.25, -0.2) is 0 Å². The molecule has 0 heterocycles. The topological polar surface area (TPSA) is 26.0 Å². The summed E-state index contributed by atoms with van der Waals surface area (Å²) in [5, 5.41) is 0. The molecule has 1 nitrogen and oxygen atoms in total. The lowest BCUT2D eigenvalue weighted by Gasteiger charge is -2.12. The molecule has 0 aromatic carbocycles. The maximum atomic E-state index is 5.77. The third-order valence-corrected chi connectivity index (χ3v) is 2.01. The Balaban J connectivity index is 4.29. The summed E-state index contributed by atoms with van der Waals surface area (Å²) >= 11 is 0. The van der Waals surface area contributed by atoms with Gasteiger partial charge < -0.3 is 5.73 Å². The molecule has 1 atom stereocenters. The largest absolute Gasteiger partial charge is 0.324 e. The first kappa shape index (κ1) is 9.70. The van der Waals surface area contributed by atoms with E-state index in [1.165, 1.54) is 11.1 Å². The van der Waals surface area contributed by atoms with E-state index in [2.05, 4.69) is 27.7 Å². The molecule has 0 spiro atoms. The minimum atomic E-state index is 0.241. The van der Waals surface area contributed by atoms with E-state index in [9.17, 15) is 0 Å². The molecular formula is C9H19N. The monoisotopic (exact) mass is 141 g/mol. The van der Waals surface area contributed by atoms with Crippen molar-refractivity contribution in [3.05, 3.63) is 11.1 Å². The number of nitrogens with two attached hydrogens (primary N) is 1. The summed E-state index contributed by atoms with van der Waals surface area (Å²) in [5.74, 6) is 0. The maximum absolute atomic E-state index is 5.77. The van der Waals surface area contributed by atoms with Crippen molar-refractivity contribution >= 4 is 0 Å². The van der Waals surface area contributed by atoms with Crippen molar-refractivity contribution in [3.8, 4) is 0 Å². The zero-order valence-electron chi connectivity index (χ0n) is 7.57. The summed E-state index contributed by atoms with van der Waals surface area (Å²) in [4.78, 5) is 0. The van der Waals surface area contributed by atoms with Gasteiger partial charge in [0.15, 0.2) is 0 Å². The van der Waals surface area contributed by atoms with E-state index in [0.717, 1.165) is 12.8 Å². The van der Waals surface area contributed by atoms with Crippen LogP contribution in [0.3, 0.4) is 0 Å². The minimum absolute atomic E-state index is 0.241. The van der Waals surface area contributed by atoms with Gasteiger partial charge in [-0.1, -0.05) is 25.0 Å². The SMILES string of the molecule is CCC(C)=C(CC)C(C)N. The molecule has 1 unspecified atom stereocenters. The third-order valence-electron chi connectivity index (χ3n) is 2.01. The number of hydrogen-bond acceptors (Lipinski definition) is 1. The van der Waals surface area contributed by atoms with Gasteiger partial charge >= 0.3 is 0 Å². The van der Waals surface area contributed by atoms with Gasteiger partial charge in [0.25, 0.3) is 0 Å². The summed E-state index contributed by atoms with van der Waals surface area (Å²) in [6.45, 7) is 8.56. The summed E-state index contributed by atoms with van der Waals surface area (Å²) in [6.07, 6.45) is 2.22. The Morgan fingerprint density at radius 3 is 1.90 bits per heavy atom. The minimum Gasteiger partial charge on any atom is -0.324 e. The van der Waals surface area contributed by atoms with Crippen LogP contribution in [0.1, 0.15) is 40.5 Å². The smallest absolute Gasteiger partial charge is 0.0227 e. The van der Waals surface area contributed by atoms with E-state index >= 15 is 0 Å². The van der Waals surface area contributed by atoms with Crippen molar-refractivity contribution in [1.82, 2.24) is 0 Å². The van der Waals surface area contributed by atoms with Crippen molar-refractivity contribution in [3.63, 3.8) is 0 Å². The molecule has 2 N–H and O–H groups in total. The second-order valence-corrected chi connectivity index (χ2v) is 2.80. The van der Waals surface area contributed by atoms with Gasteiger partial charge in [0.2, 0.25) is 0 Å². The molecule has 0 aromatic rings. The fraction of sp³-hybridized carbons (Fsp3) is 0.778.